The van der Waals surface area contributed by atoms with Crippen molar-refractivity contribution in [2.24, 2.45) is 4.99 Å². The molecule has 6 nitrogen and oxygen atoms in total. The van der Waals surface area contributed by atoms with Crippen LogP contribution in [0.25, 0.3) is 0 Å². The quantitative estimate of drug-likeness (QED) is 0.213. The Morgan fingerprint density at radius 2 is 1.96 bits per heavy atom. The minimum Gasteiger partial charge on any atom is -0.357 e. The summed E-state index contributed by atoms with van der Waals surface area (Å²) in [4.78, 5) is 20.8. The van der Waals surface area contributed by atoms with Crippen LogP contribution in [0.15, 0.2) is 4.99 Å². The largest absolute Gasteiger partial charge is 0.357 e. The smallest absolute Gasteiger partial charge is 0.222 e. The molecule has 2 aliphatic rings. The average molecular weight is 493 g/mol. The van der Waals surface area contributed by atoms with Crippen molar-refractivity contribution in [3.63, 3.8) is 0 Å². The van der Waals surface area contributed by atoms with E-state index in [1.165, 1.54) is 32.1 Å². The molecule has 2 N–H and O–H groups in total. The van der Waals surface area contributed by atoms with E-state index in [9.17, 15) is 4.79 Å². The molecule has 0 atom stereocenters. The number of carbonyl (C=O) groups excluding carboxylic acids is 1. The summed E-state index contributed by atoms with van der Waals surface area (Å²) < 4.78 is 0. The standard InChI is InChI=1S/C20H39N5O.HI/c1-3-21-20(23-14-9-17-25-16-7-12-19(25)26)22-13-8-15-24(2)18-10-5-4-6-11-18;/h18H,3-17H2,1-2H3,(H2,21,22,23);1H. The maximum atomic E-state index is 11.6. The van der Waals surface area contributed by atoms with Crippen molar-refractivity contribution < 1.29 is 4.79 Å². The summed E-state index contributed by atoms with van der Waals surface area (Å²) >= 11 is 0. The predicted octanol–water partition coefficient (Wildman–Crippen LogP) is 2.83. The van der Waals surface area contributed by atoms with Crippen molar-refractivity contribution in [2.75, 3.05) is 46.3 Å². The number of amides is 1. The van der Waals surface area contributed by atoms with Crippen molar-refractivity contribution >= 4 is 35.8 Å². The van der Waals surface area contributed by atoms with E-state index in [-0.39, 0.29) is 24.0 Å². The molecule has 1 amide bonds. The number of nitrogens with one attached hydrogen (secondary N) is 2. The van der Waals surface area contributed by atoms with Crippen molar-refractivity contribution in [2.45, 2.75) is 70.8 Å². The number of likely N-dealkylation sites (tertiary alicyclic amines) is 1. The van der Waals surface area contributed by atoms with Crippen LogP contribution in [0.3, 0.4) is 0 Å². The molecule has 0 spiro atoms. The second kappa shape index (κ2) is 14.4. The lowest BCUT2D eigenvalue weighted by Crippen LogP contribution is -2.40. The van der Waals surface area contributed by atoms with Crippen LogP contribution in [0.2, 0.25) is 0 Å². The molecule has 1 aliphatic heterocycles. The second-order valence-electron chi connectivity index (χ2n) is 7.65. The fourth-order valence-electron chi connectivity index (χ4n) is 3.97. The lowest BCUT2D eigenvalue weighted by atomic mass is 9.94. The van der Waals surface area contributed by atoms with Gasteiger partial charge in [0.1, 0.15) is 0 Å². The van der Waals surface area contributed by atoms with E-state index in [4.69, 9.17) is 0 Å². The molecule has 2 fully saturated rings. The van der Waals surface area contributed by atoms with E-state index in [0.29, 0.717) is 5.91 Å². The Morgan fingerprint density at radius 1 is 1.19 bits per heavy atom. The van der Waals surface area contributed by atoms with Crippen LogP contribution in [-0.4, -0.2) is 74.0 Å². The fraction of sp³-hybridized carbons (Fsp3) is 0.900. The Balaban J connectivity index is 0.00000364. The van der Waals surface area contributed by atoms with Gasteiger partial charge in [0.05, 0.1) is 0 Å². The van der Waals surface area contributed by atoms with Crippen LogP contribution in [-0.2, 0) is 4.79 Å². The number of nitrogens with zero attached hydrogens (tertiary/aromatic N) is 3. The predicted molar refractivity (Wildman–Crippen MR) is 124 cm³/mol. The summed E-state index contributed by atoms with van der Waals surface area (Å²) in [6.45, 7) is 7.60. The van der Waals surface area contributed by atoms with Gasteiger partial charge in [0.2, 0.25) is 5.91 Å². The molecule has 0 aromatic carbocycles. The Morgan fingerprint density at radius 3 is 2.63 bits per heavy atom. The minimum atomic E-state index is 0. The first-order chi connectivity index (χ1) is 12.7. The van der Waals surface area contributed by atoms with E-state index in [1.54, 1.807) is 0 Å². The molecule has 7 heteroatoms. The highest BCUT2D eigenvalue weighted by molar-refractivity contribution is 14.0. The van der Waals surface area contributed by atoms with Crippen molar-refractivity contribution in [3.8, 4) is 0 Å². The monoisotopic (exact) mass is 493 g/mol. The Hall–Kier alpha value is -0.570. The van der Waals surface area contributed by atoms with Crippen LogP contribution in [0, 0.1) is 0 Å². The average Bonchev–Trinajstić information content (AvgIpc) is 3.07. The molecule has 2 rings (SSSR count). The zero-order valence-corrected chi connectivity index (χ0v) is 19.7. The van der Waals surface area contributed by atoms with Gasteiger partial charge in [-0.2, -0.15) is 0 Å². The van der Waals surface area contributed by atoms with E-state index in [1.807, 2.05) is 4.90 Å². The highest BCUT2D eigenvalue weighted by Gasteiger charge is 2.19. The maximum absolute atomic E-state index is 11.6. The minimum absolute atomic E-state index is 0. The lowest BCUT2D eigenvalue weighted by molar-refractivity contribution is -0.127. The Kier molecular flexibility index (Phi) is 13.1. The number of carbonyl (C=O) groups is 1. The molecule has 158 valence electrons. The third-order valence-electron chi connectivity index (χ3n) is 5.55. The normalized spacial score (nSPS) is 18.7. The molecule has 27 heavy (non-hydrogen) atoms. The van der Waals surface area contributed by atoms with E-state index in [2.05, 4.69) is 34.5 Å². The van der Waals surface area contributed by atoms with Gasteiger partial charge in [-0.25, -0.2) is 0 Å². The molecule has 1 aliphatic carbocycles. The van der Waals surface area contributed by atoms with E-state index < -0.39 is 0 Å². The molecule has 0 aromatic rings. The highest BCUT2D eigenvalue weighted by Crippen LogP contribution is 2.21. The van der Waals surface area contributed by atoms with Gasteiger partial charge >= 0.3 is 0 Å². The van der Waals surface area contributed by atoms with E-state index in [0.717, 1.165) is 77.0 Å². The van der Waals surface area contributed by atoms with E-state index >= 15 is 0 Å². The number of guanidine groups is 1. The molecular formula is C20H40IN5O. The lowest BCUT2D eigenvalue weighted by Gasteiger charge is -2.31. The number of aliphatic imine (C=N–C) groups is 1. The third kappa shape index (κ3) is 9.45. The van der Waals surface area contributed by atoms with Gasteiger partial charge in [-0.05, 0) is 52.6 Å². The summed E-state index contributed by atoms with van der Waals surface area (Å²) in [5.41, 5.74) is 0. The first-order valence-electron chi connectivity index (χ1n) is 10.7. The van der Waals surface area contributed by atoms with Crippen LogP contribution in [0.5, 0.6) is 0 Å². The topological polar surface area (TPSA) is 60.0 Å². The molecule has 0 unspecified atom stereocenters. The zero-order valence-electron chi connectivity index (χ0n) is 17.3. The maximum Gasteiger partial charge on any atom is 0.222 e. The summed E-state index contributed by atoms with van der Waals surface area (Å²) in [5.74, 6) is 1.21. The highest BCUT2D eigenvalue weighted by atomic mass is 127. The van der Waals surface area contributed by atoms with Crippen LogP contribution in [0.4, 0.5) is 0 Å². The molecule has 1 heterocycles. The van der Waals surface area contributed by atoms with Gasteiger partial charge in [-0.1, -0.05) is 19.3 Å². The molecule has 0 radical (unpaired) electrons. The summed E-state index contributed by atoms with van der Waals surface area (Å²) in [7, 11) is 2.27. The SMILES string of the molecule is CCNC(=NCCCN1CCCC1=O)NCCCN(C)C1CCCCC1.I. The Bertz CT molecular complexity index is 440. The van der Waals surface area contributed by atoms with Gasteiger partial charge in [0.25, 0.3) is 0 Å². The number of hydrogen-bond donors (Lipinski definition) is 2. The number of hydrogen-bond acceptors (Lipinski definition) is 3. The van der Waals surface area contributed by atoms with Crippen molar-refractivity contribution in [1.29, 1.82) is 0 Å². The summed E-state index contributed by atoms with van der Waals surface area (Å²) in [6, 6.07) is 0.791. The first kappa shape index (κ1) is 24.5. The van der Waals surface area contributed by atoms with Crippen molar-refractivity contribution in [3.05, 3.63) is 0 Å². The zero-order chi connectivity index (χ0) is 18.6. The molecule has 0 bridgehead atoms. The summed E-state index contributed by atoms with van der Waals surface area (Å²) in [5, 5.41) is 6.76. The third-order valence-corrected chi connectivity index (χ3v) is 5.55. The molecule has 1 saturated carbocycles. The van der Waals surface area contributed by atoms with Gasteiger partial charge < -0.3 is 20.4 Å². The molecule has 0 aromatic heterocycles. The number of halogens is 1. The van der Waals surface area contributed by atoms with Gasteiger partial charge in [-0.3, -0.25) is 9.79 Å². The first-order valence-corrected chi connectivity index (χ1v) is 10.7. The molecule has 1 saturated heterocycles. The van der Waals surface area contributed by atoms with Crippen LogP contribution in [0.1, 0.15) is 64.7 Å². The van der Waals surface area contributed by atoms with Crippen molar-refractivity contribution in [1.82, 2.24) is 20.4 Å². The van der Waals surface area contributed by atoms with Gasteiger partial charge in [0.15, 0.2) is 5.96 Å². The fourth-order valence-corrected chi connectivity index (χ4v) is 3.97. The van der Waals surface area contributed by atoms with Crippen LogP contribution < -0.4 is 10.6 Å². The van der Waals surface area contributed by atoms with Gasteiger partial charge in [-0.15, -0.1) is 24.0 Å². The van der Waals surface area contributed by atoms with Crippen LogP contribution >= 0.6 is 24.0 Å². The summed E-state index contributed by atoms with van der Waals surface area (Å²) in [6.07, 6.45) is 10.8. The molecular weight excluding hydrogens is 453 g/mol. The Labute approximate surface area is 182 Å². The second-order valence-corrected chi connectivity index (χ2v) is 7.65. The number of rotatable bonds is 10. The van der Waals surface area contributed by atoms with Gasteiger partial charge in [0, 0.05) is 45.2 Å².